The van der Waals surface area contributed by atoms with Gasteiger partial charge < -0.3 is 0 Å². The second-order valence-corrected chi connectivity index (χ2v) is 6.41. The van der Waals surface area contributed by atoms with Gasteiger partial charge >= 0.3 is 0 Å². The molecule has 0 atom stereocenters. The third-order valence-corrected chi connectivity index (χ3v) is 4.23. The van der Waals surface area contributed by atoms with E-state index in [4.69, 9.17) is 0 Å². The van der Waals surface area contributed by atoms with E-state index in [1.54, 1.807) is 11.2 Å². The van der Waals surface area contributed by atoms with Crippen LogP contribution in [0.4, 0.5) is 0 Å². The second-order valence-electron chi connectivity index (χ2n) is 4.15. The average Bonchev–Trinajstić information content (AvgIpc) is 2.31. The summed E-state index contributed by atoms with van der Waals surface area (Å²) < 4.78 is 24.4. The molecule has 1 heterocycles. The topological polar surface area (TPSA) is 37.4 Å². The van der Waals surface area contributed by atoms with E-state index < -0.39 is 10.0 Å². The zero-order valence-corrected chi connectivity index (χ0v) is 8.82. The molecule has 0 bridgehead atoms. The lowest BCUT2D eigenvalue weighted by Gasteiger charge is -2.18. The van der Waals surface area contributed by atoms with Gasteiger partial charge in [0, 0.05) is 13.1 Å². The van der Waals surface area contributed by atoms with Gasteiger partial charge in [0.25, 0.3) is 0 Å². The normalized spacial score (nSPS) is 24.6. The highest BCUT2D eigenvalue weighted by Gasteiger charge is 2.34. The second kappa shape index (κ2) is 3.00. The molecule has 12 heavy (non-hydrogen) atoms. The zero-order chi connectivity index (χ0) is 9.41. The smallest absolute Gasteiger partial charge is 0.212 e. The molecule has 3 nitrogen and oxygen atoms in total. The van der Waals surface area contributed by atoms with Crippen LogP contribution in [0.5, 0.6) is 0 Å². The number of hydrogen-bond donors (Lipinski definition) is 0. The van der Waals surface area contributed by atoms with Crippen LogP contribution in [0.3, 0.4) is 0 Å². The standard InChI is InChI=1S/C8H17NO2S/c1-4-12(10,11)9-6-5-8(2,3)7-9/h4-7H2,1-3H3. The van der Waals surface area contributed by atoms with Gasteiger partial charge in [0.2, 0.25) is 10.0 Å². The van der Waals surface area contributed by atoms with Gasteiger partial charge in [-0.25, -0.2) is 12.7 Å². The van der Waals surface area contributed by atoms with Crippen molar-refractivity contribution >= 4 is 10.0 Å². The van der Waals surface area contributed by atoms with E-state index in [0.29, 0.717) is 13.1 Å². The fourth-order valence-corrected chi connectivity index (χ4v) is 2.76. The van der Waals surface area contributed by atoms with Gasteiger partial charge in [0.15, 0.2) is 0 Å². The van der Waals surface area contributed by atoms with Crippen molar-refractivity contribution in [2.75, 3.05) is 18.8 Å². The molecule has 1 aliphatic heterocycles. The maximum absolute atomic E-state index is 11.4. The lowest BCUT2D eigenvalue weighted by Crippen LogP contribution is -2.31. The van der Waals surface area contributed by atoms with Gasteiger partial charge in [-0.1, -0.05) is 13.8 Å². The lowest BCUT2D eigenvalue weighted by molar-refractivity contribution is 0.376. The first-order valence-electron chi connectivity index (χ1n) is 4.35. The summed E-state index contributed by atoms with van der Waals surface area (Å²) in [5.41, 5.74) is 0.169. The Morgan fingerprint density at radius 3 is 2.33 bits per heavy atom. The van der Waals surface area contributed by atoms with Gasteiger partial charge in [-0.3, -0.25) is 0 Å². The van der Waals surface area contributed by atoms with Crippen molar-refractivity contribution in [1.82, 2.24) is 4.31 Å². The van der Waals surface area contributed by atoms with E-state index in [2.05, 4.69) is 13.8 Å². The summed E-state index contributed by atoms with van der Waals surface area (Å²) >= 11 is 0. The number of nitrogens with zero attached hydrogens (tertiary/aromatic N) is 1. The SMILES string of the molecule is CCS(=O)(=O)N1CCC(C)(C)C1. The highest BCUT2D eigenvalue weighted by Crippen LogP contribution is 2.30. The first-order valence-corrected chi connectivity index (χ1v) is 5.96. The predicted molar refractivity (Wildman–Crippen MR) is 49.4 cm³/mol. The van der Waals surface area contributed by atoms with Crippen LogP contribution < -0.4 is 0 Å². The maximum Gasteiger partial charge on any atom is 0.213 e. The van der Waals surface area contributed by atoms with Crippen molar-refractivity contribution < 1.29 is 8.42 Å². The maximum atomic E-state index is 11.4. The van der Waals surface area contributed by atoms with E-state index in [1.807, 2.05) is 0 Å². The molecule has 0 saturated carbocycles. The van der Waals surface area contributed by atoms with Crippen molar-refractivity contribution in [2.45, 2.75) is 27.2 Å². The van der Waals surface area contributed by atoms with Crippen molar-refractivity contribution in [3.8, 4) is 0 Å². The molecule has 0 aromatic heterocycles. The van der Waals surface area contributed by atoms with E-state index in [9.17, 15) is 8.42 Å². The van der Waals surface area contributed by atoms with Gasteiger partial charge in [-0.05, 0) is 18.8 Å². The Morgan fingerprint density at radius 1 is 1.42 bits per heavy atom. The minimum atomic E-state index is -2.94. The molecule has 4 heteroatoms. The van der Waals surface area contributed by atoms with Crippen LogP contribution in [0.25, 0.3) is 0 Å². The Hall–Kier alpha value is -0.0900. The van der Waals surface area contributed by atoms with Crippen molar-refractivity contribution in [1.29, 1.82) is 0 Å². The van der Waals surface area contributed by atoms with Crippen LogP contribution in [0, 0.1) is 5.41 Å². The van der Waals surface area contributed by atoms with Crippen molar-refractivity contribution in [3.63, 3.8) is 0 Å². The first-order chi connectivity index (χ1) is 5.37. The summed E-state index contributed by atoms with van der Waals surface area (Å²) in [6.07, 6.45) is 0.978. The van der Waals surface area contributed by atoms with E-state index in [-0.39, 0.29) is 11.2 Å². The molecule has 0 N–H and O–H groups in total. The lowest BCUT2D eigenvalue weighted by atomic mass is 9.93. The molecule has 0 aliphatic carbocycles. The fourth-order valence-electron chi connectivity index (χ4n) is 1.48. The highest BCUT2D eigenvalue weighted by molar-refractivity contribution is 7.89. The highest BCUT2D eigenvalue weighted by atomic mass is 32.2. The van der Waals surface area contributed by atoms with Crippen LogP contribution in [-0.4, -0.2) is 31.6 Å². The molecule has 1 fully saturated rings. The monoisotopic (exact) mass is 191 g/mol. The Morgan fingerprint density at radius 2 is 2.00 bits per heavy atom. The molecule has 1 aliphatic rings. The average molecular weight is 191 g/mol. The molecule has 0 unspecified atom stereocenters. The van der Waals surface area contributed by atoms with Crippen molar-refractivity contribution in [2.24, 2.45) is 5.41 Å². The summed E-state index contributed by atoms with van der Waals surface area (Å²) in [5, 5.41) is 0. The molecule has 0 aromatic rings. The van der Waals surface area contributed by atoms with Crippen molar-refractivity contribution in [3.05, 3.63) is 0 Å². The molecule has 1 saturated heterocycles. The minimum Gasteiger partial charge on any atom is -0.212 e. The molecular weight excluding hydrogens is 174 g/mol. The van der Waals surface area contributed by atoms with Gasteiger partial charge in [-0.2, -0.15) is 0 Å². The van der Waals surface area contributed by atoms with E-state index in [0.717, 1.165) is 6.42 Å². The number of rotatable bonds is 2. The molecule has 72 valence electrons. The van der Waals surface area contributed by atoms with Crippen LogP contribution >= 0.6 is 0 Å². The third kappa shape index (κ3) is 1.98. The van der Waals surface area contributed by atoms with Crippen LogP contribution in [0.1, 0.15) is 27.2 Å². The number of sulfonamides is 1. The van der Waals surface area contributed by atoms with E-state index in [1.165, 1.54) is 0 Å². The molecule has 1 rings (SSSR count). The number of hydrogen-bond acceptors (Lipinski definition) is 2. The Labute approximate surface area is 74.8 Å². The van der Waals surface area contributed by atoms with E-state index >= 15 is 0 Å². The molecule has 0 aromatic carbocycles. The largest absolute Gasteiger partial charge is 0.213 e. The Kier molecular flexibility index (Phi) is 2.50. The van der Waals surface area contributed by atoms with Gasteiger partial charge in [0.05, 0.1) is 5.75 Å². The van der Waals surface area contributed by atoms with Gasteiger partial charge in [0.1, 0.15) is 0 Å². The minimum absolute atomic E-state index is 0.169. The Bertz CT molecular complexity index is 256. The molecule has 0 amide bonds. The first kappa shape index (κ1) is 9.99. The molecule has 0 radical (unpaired) electrons. The summed E-state index contributed by atoms with van der Waals surface area (Å²) in [7, 11) is -2.94. The van der Waals surface area contributed by atoms with Gasteiger partial charge in [-0.15, -0.1) is 0 Å². The third-order valence-electron chi connectivity index (χ3n) is 2.40. The van der Waals surface area contributed by atoms with Crippen LogP contribution in [-0.2, 0) is 10.0 Å². The summed E-state index contributed by atoms with van der Waals surface area (Å²) in [5.74, 6) is 0.225. The van der Waals surface area contributed by atoms with Crippen LogP contribution in [0.15, 0.2) is 0 Å². The quantitative estimate of drug-likeness (QED) is 0.654. The predicted octanol–water partition coefficient (Wildman–Crippen LogP) is 1.07. The molecular formula is C8H17NO2S. The summed E-state index contributed by atoms with van der Waals surface area (Å²) in [4.78, 5) is 0. The fraction of sp³-hybridized carbons (Fsp3) is 1.00. The zero-order valence-electron chi connectivity index (χ0n) is 8.00. The summed E-state index contributed by atoms with van der Waals surface area (Å²) in [6, 6.07) is 0. The Balaban J connectivity index is 2.71. The van der Waals surface area contributed by atoms with Crippen LogP contribution in [0.2, 0.25) is 0 Å². The summed E-state index contributed by atoms with van der Waals surface area (Å²) in [6.45, 7) is 7.30. The molecule has 0 spiro atoms.